The van der Waals surface area contributed by atoms with Crippen LogP contribution in [0.15, 0.2) is 78.9 Å². The van der Waals surface area contributed by atoms with Crippen molar-refractivity contribution >= 4 is 0 Å². The van der Waals surface area contributed by atoms with Crippen LogP contribution < -0.4 is 5.73 Å². The van der Waals surface area contributed by atoms with Gasteiger partial charge in [0.1, 0.15) is 5.54 Å². The van der Waals surface area contributed by atoms with Crippen molar-refractivity contribution in [2.45, 2.75) is 5.54 Å². The molecule has 0 unspecified atom stereocenters. The maximum absolute atomic E-state index is 9.19. The van der Waals surface area contributed by atoms with E-state index in [0.717, 1.165) is 16.7 Å². The molecular formula is C19H14N. The molecule has 0 saturated heterocycles. The summed E-state index contributed by atoms with van der Waals surface area (Å²) in [5, 5.41) is 0. The molecule has 1 radical (unpaired) electrons. The molecule has 0 spiro atoms. The van der Waals surface area contributed by atoms with Crippen LogP contribution in [-0.4, -0.2) is 0 Å². The Morgan fingerprint density at radius 3 is 1.55 bits per heavy atom. The van der Waals surface area contributed by atoms with Gasteiger partial charge in [-0.2, -0.15) is 0 Å². The van der Waals surface area contributed by atoms with Gasteiger partial charge in [0.25, 0.3) is 0 Å². The molecule has 0 aliphatic heterocycles. The fourth-order valence-electron chi connectivity index (χ4n) is 3.23. The van der Waals surface area contributed by atoms with Crippen LogP contribution in [0.4, 0.5) is 0 Å². The summed E-state index contributed by atoms with van der Waals surface area (Å²) in [6, 6.07) is 26.7. The van der Waals surface area contributed by atoms with Crippen molar-refractivity contribution in [3.05, 3.63) is 95.6 Å². The van der Waals surface area contributed by atoms with Gasteiger partial charge in [-0.3, -0.25) is 0 Å². The molecular weight excluding hydrogens is 242 g/mol. The van der Waals surface area contributed by atoms with Crippen molar-refractivity contribution < 1.29 is 0 Å². The standard InChI is InChI=1S/C19H14N/c20-19(14-8-2-1-3-9-14)17-12-6-4-10-15(17)16-11-5-7-13-18(16)19/h1-13,20H. The van der Waals surface area contributed by atoms with E-state index >= 15 is 0 Å². The van der Waals surface area contributed by atoms with Gasteiger partial charge in [0.2, 0.25) is 0 Å². The lowest BCUT2D eigenvalue weighted by atomic mass is 9.82. The molecule has 0 saturated carbocycles. The number of rotatable bonds is 1. The lowest BCUT2D eigenvalue weighted by molar-refractivity contribution is 0.646. The van der Waals surface area contributed by atoms with E-state index in [2.05, 4.69) is 24.3 Å². The van der Waals surface area contributed by atoms with Crippen LogP contribution in [0.3, 0.4) is 0 Å². The van der Waals surface area contributed by atoms with Crippen LogP contribution in [0.1, 0.15) is 16.7 Å². The van der Waals surface area contributed by atoms with Gasteiger partial charge in [-0.15, -0.1) is 0 Å². The van der Waals surface area contributed by atoms with E-state index in [0.29, 0.717) is 0 Å². The van der Waals surface area contributed by atoms with Gasteiger partial charge in [-0.1, -0.05) is 78.9 Å². The van der Waals surface area contributed by atoms with Gasteiger partial charge in [0.15, 0.2) is 0 Å². The topological polar surface area (TPSA) is 23.8 Å². The van der Waals surface area contributed by atoms with Crippen LogP contribution in [0.25, 0.3) is 11.1 Å². The van der Waals surface area contributed by atoms with Crippen molar-refractivity contribution in [3.8, 4) is 11.1 Å². The third-order valence-corrected chi connectivity index (χ3v) is 4.16. The number of nitrogens with one attached hydrogen (secondary N) is 1. The second-order valence-corrected chi connectivity index (χ2v) is 5.21. The summed E-state index contributed by atoms with van der Waals surface area (Å²) in [6.07, 6.45) is 0. The minimum Gasteiger partial charge on any atom is -0.237 e. The third-order valence-electron chi connectivity index (χ3n) is 4.16. The zero-order valence-corrected chi connectivity index (χ0v) is 11.0. The van der Waals surface area contributed by atoms with Crippen molar-refractivity contribution in [1.82, 2.24) is 5.73 Å². The first-order valence-electron chi connectivity index (χ1n) is 6.82. The molecule has 3 aromatic carbocycles. The summed E-state index contributed by atoms with van der Waals surface area (Å²) in [6.45, 7) is 0. The van der Waals surface area contributed by atoms with Gasteiger partial charge in [-0.25, -0.2) is 5.73 Å². The Labute approximate surface area is 118 Å². The van der Waals surface area contributed by atoms with E-state index in [9.17, 15) is 5.73 Å². The van der Waals surface area contributed by atoms with Crippen LogP contribution in [0.5, 0.6) is 0 Å². The molecule has 0 fully saturated rings. The van der Waals surface area contributed by atoms with Crippen LogP contribution >= 0.6 is 0 Å². The minimum atomic E-state index is -0.797. The molecule has 0 bridgehead atoms. The molecule has 0 heterocycles. The summed E-state index contributed by atoms with van der Waals surface area (Å²) in [7, 11) is 0. The van der Waals surface area contributed by atoms with Crippen molar-refractivity contribution in [3.63, 3.8) is 0 Å². The normalized spacial score (nSPS) is 14.7. The van der Waals surface area contributed by atoms with Gasteiger partial charge in [0.05, 0.1) is 0 Å². The number of hydrogen-bond donors (Lipinski definition) is 0. The minimum absolute atomic E-state index is 0.797. The van der Waals surface area contributed by atoms with Crippen molar-refractivity contribution in [1.29, 1.82) is 0 Å². The highest BCUT2D eigenvalue weighted by molar-refractivity contribution is 5.82. The molecule has 1 aliphatic carbocycles. The maximum atomic E-state index is 9.19. The monoisotopic (exact) mass is 256 g/mol. The highest BCUT2D eigenvalue weighted by Crippen LogP contribution is 2.49. The Morgan fingerprint density at radius 2 is 1.00 bits per heavy atom. The number of fused-ring (bicyclic) bond motifs is 3. The van der Waals surface area contributed by atoms with Crippen molar-refractivity contribution in [2.24, 2.45) is 0 Å². The van der Waals surface area contributed by atoms with Gasteiger partial charge >= 0.3 is 0 Å². The summed E-state index contributed by atoms with van der Waals surface area (Å²) >= 11 is 0. The zero-order valence-electron chi connectivity index (χ0n) is 11.0. The molecule has 1 heteroatoms. The fourth-order valence-corrected chi connectivity index (χ4v) is 3.23. The molecule has 1 N–H and O–H groups in total. The Bertz CT molecular complexity index is 729. The lowest BCUT2D eigenvalue weighted by Crippen LogP contribution is -2.28. The van der Waals surface area contributed by atoms with Crippen molar-refractivity contribution in [2.75, 3.05) is 0 Å². The molecule has 1 nitrogen and oxygen atoms in total. The van der Waals surface area contributed by atoms with E-state index in [1.54, 1.807) is 0 Å². The third kappa shape index (κ3) is 1.36. The summed E-state index contributed by atoms with van der Waals surface area (Å²) in [5.74, 6) is 0. The number of benzene rings is 3. The molecule has 95 valence electrons. The molecule has 0 aromatic heterocycles. The average molecular weight is 256 g/mol. The average Bonchev–Trinajstić information content (AvgIpc) is 2.80. The molecule has 4 rings (SSSR count). The maximum Gasteiger partial charge on any atom is 0.108 e. The second kappa shape index (κ2) is 4.06. The van der Waals surface area contributed by atoms with E-state index in [1.807, 2.05) is 54.6 Å². The lowest BCUT2D eigenvalue weighted by Gasteiger charge is -2.26. The first-order chi connectivity index (χ1) is 9.82. The van der Waals surface area contributed by atoms with E-state index < -0.39 is 5.54 Å². The quantitative estimate of drug-likeness (QED) is 0.622. The zero-order chi connectivity index (χ0) is 13.6. The Kier molecular flexibility index (Phi) is 2.32. The van der Waals surface area contributed by atoms with E-state index in [-0.39, 0.29) is 0 Å². The Hall–Kier alpha value is -2.38. The second-order valence-electron chi connectivity index (χ2n) is 5.21. The molecule has 3 aromatic rings. The van der Waals surface area contributed by atoms with Crippen LogP contribution in [-0.2, 0) is 5.54 Å². The van der Waals surface area contributed by atoms with Gasteiger partial charge in [0, 0.05) is 0 Å². The largest absolute Gasteiger partial charge is 0.237 e. The molecule has 20 heavy (non-hydrogen) atoms. The SMILES string of the molecule is [NH]C1(c2ccccc2)c2ccccc2-c2ccccc21. The van der Waals surface area contributed by atoms with Crippen LogP contribution in [0, 0.1) is 0 Å². The number of hydrogen-bond acceptors (Lipinski definition) is 0. The fraction of sp³-hybridized carbons (Fsp3) is 0.0526. The van der Waals surface area contributed by atoms with Gasteiger partial charge < -0.3 is 0 Å². The summed E-state index contributed by atoms with van der Waals surface area (Å²) in [5.41, 5.74) is 13.9. The Morgan fingerprint density at radius 1 is 0.550 bits per heavy atom. The Balaban J connectivity index is 2.10. The smallest absolute Gasteiger partial charge is 0.108 e. The highest BCUT2D eigenvalue weighted by Gasteiger charge is 2.41. The first-order valence-corrected chi connectivity index (χ1v) is 6.82. The summed E-state index contributed by atoms with van der Waals surface area (Å²) < 4.78 is 0. The van der Waals surface area contributed by atoms with Gasteiger partial charge in [-0.05, 0) is 27.8 Å². The highest BCUT2D eigenvalue weighted by atomic mass is 14.8. The predicted molar refractivity (Wildman–Crippen MR) is 81.3 cm³/mol. The predicted octanol–water partition coefficient (Wildman–Crippen LogP) is 4.24. The molecule has 0 atom stereocenters. The molecule has 1 aliphatic rings. The van der Waals surface area contributed by atoms with E-state index in [1.165, 1.54) is 11.1 Å². The summed E-state index contributed by atoms with van der Waals surface area (Å²) in [4.78, 5) is 0. The molecule has 0 amide bonds. The van der Waals surface area contributed by atoms with E-state index in [4.69, 9.17) is 0 Å². The van der Waals surface area contributed by atoms with Crippen LogP contribution in [0.2, 0.25) is 0 Å². The first kappa shape index (κ1) is 11.4.